The summed E-state index contributed by atoms with van der Waals surface area (Å²) in [4.78, 5) is 15.1. The first-order valence-corrected chi connectivity index (χ1v) is 6.65. The van der Waals surface area contributed by atoms with Crippen molar-refractivity contribution in [3.8, 4) is 5.75 Å². The van der Waals surface area contributed by atoms with Gasteiger partial charge in [0, 0.05) is 19.3 Å². The van der Waals surface area contributed by atoms with Crippen LogP contribution in [-0.4, -0.2) is 43.8 Å². The van der Waals surface area contributed by atoms with E-state index in [4.69, 9.17) is 0 Å². The highest BCUT2D eigenvalue weighted by molar-refractivity contribution is 7.88. The SMILES string of the molecule is CS(=O)(=O)NCCNC(=O)c1ccncc1O. The maximum Gasteiger partial charge on any atom is 0.255 e. The molecule has 1 amide bonds. The van der Waals surface area contributed by atoms with Crippen LogP contribution in [0.5, 0.6) is 5.75 Å². The third kappa shape index (κ3) is 4.79. The number of pyridine rings is 1. The van der Waals surface area contributed by atoms with Gasteiger partial charge in [0.1, 0.15) is 5.75 Å². The Morgan fingerprint density at radius 2 is 2.18 bits per heavy atom. The van der Waals surface area contributed by atoms with Crippen molar-refractivity contribution >= 4 is 15.9 Å². The van der Waals surface area contributed by atoms with Crippen LogP contribution >= 0.6 is 0 Å². The number of nitrogens with one attached hydrogen (secondary N) is 2. The summed E-state index contributed by atoms with van der Waals surface area (Å²) in [6, 6.07) is 1.37. The van der Waals surface area contributed by atoms with Gasteiger partial charge in [0.2, 0.25) is 10.0 Å². The molecule has 1 aromatic heterocycles. The van der Waals surface area contributed by atoms with E-state index in [2.05, 4.69) is 15.0 Å². The Morgan fingerprint density at radius 3 is 2.76 bits per heavy atom. The molecule has 0 spiro atoms. The minimum Gasteiger partial charge on any atom is -0.505 e. The number of aromatic hydroxyl groups is 1. The fourth-order valence-corrected chi connectivity index (χ4v) is 1.56. The molecule has 0 aliphatic rings. The quantitative estimate of drug-likeness (QED) is 0.592. The maximum atomic E-state index is 11.5. The van der Waals surface area contributed by atoms with E-state index < -0.39 is 15.9 Å². The highest BCUT2D eigenvalue weighted by atomic mass is 32.2. The Labute approximate surface area is 98.9 Å². The summed E-state index contributed by atoms with van der Waals surface area (Å²) in [7, 11) is -3.26. The second kappa shape index (κ2) is 5.60. The van der Waals surface area contributed by atoms with Crippen molar-refractivity contribution in [3.63, 3.8) is 0 Å². The van der Waals surface area contributed by atoms with Gasteiger partial charge in [-0.2, -0.15) is 0 Å². The van der Waals surface area contributed by atoms with Gasteiger partial charge in [0.25, 0.3) is 5.91 Å². The Hall–Kier alpha value is -1.67. The van der Waals surface area contributed by atoms with Crippen molar-refractivity contribution in [1.82, 2.24) is 15.0 Å². The van der Waals surface area contributed by atoms with Crippen molar-refractivity contribution in [1.29, 1.82) is 0 Å². The lowest BCUT2D eigenvalue weighted by Gasteiger charge is -2.06. The summed E-state index contributed by atoms with van der Waals surface area (Å²) in [5.41, 5.74) is 0.0966. The number of hydrogen-bond acceptors (Lipinski definition) is 5. The minimum atomic E-state index is -3.26. The molecule has 0 saturated carbocycles. The summed E-state index contributed by atoms with van der Waals surface area (Å²) < 4.78 is 23.7. The monoisotopic (exact) mass is 259 g/mol. The van der Waals surface area contributed by atoms with Crippen LogP contribution < -0.4 is 10.0 Å². The number of rotatable bonds is 5. The fraction of sp³-hybridized carbons (Fsp3) is 0.333. The highest BCUT2D eigenvalue weighted by Gasteiger charge is 2.09. The molecule has 0 saturated heterocycles. The lowest BCUT2D eigenvalue weighted by molar-refractivity contribution is 0.0951. The third-order valence-corrected chi connectivity index (χ3v) is 2.55. The molecule has 0 unspecified atom stereocenters. The van der Waals surface area contributed by atoms with Crippen molar-refractivity contribution in [2.75, 3.05) is 19.3 Å². The van der Waals surface area contributed by atoms with E-state index in [0.29, 0.717) is 0 Å². The summed E-state index contributed by atoms with van der Waals surface area (Å²) in [6.07, 6.45) is 3.57. The van der Waals surface area contributed by atoms with E-state index in [0.717, 1.165) is 12.5 Å². The molecule has 8 heteroatoms. The number of nitrogens with zero attached hydrogens (tertiary/aromatic N) is 1. The number of carbonyl (C=O) groups excluding carboxylic acids is 1. The lowest BCUT2D eigenvalue weighted by atomic mass is 10.2. The predicted molar refractivity (Wildman–Crippen MR) is 61.1 cm³/mol. The van der Waals surface area contributed by atoms with E-state index >= 15 is 0 Å². The van der Waals surface area contributed by atoms with Crippen LogP contribution in [0.4, 0.5) is 0 Å². The molecule has 0 aromatic carbocycles. The molecular weight excluding hydrogens is 246 g/mol. The predicted octanol–water partition coefficient (Wildman–Crippen LogP) is -0.934. The molecule has 0 atom stereocenters. The van der Waals surface area contributed by atoms with Gasteiger partial charge < -0.3 is 10.4 Å². The number of carbonyl (C=O) groups is 1. The first-order valence-electron chi connectivity index (χ1n) is 4.76. The number of hydrogen-bond donors (Lipinski definition) is 3. The van der Waals surface area contributed by atoms with Crippen LogP contribution in [0.3, 0.4) is 0 Å². The second-order valence-corrected chi connectivity index (χ2v) is 5.15. The van der Waals surface area contributed by atoms with Gasteiger partial charge in [0.15, 0.2) is 0 Å². The molecule has 0 bridgehead atoms. The van der Waals surface area contributed by atoms with E-state index in [-0.39, 0.29) is 24.4 Å². The summed E-state index contributed by atoms with van der Waals surface area (Å²) in [5.74, 6) is -0.707. The standard InChI is InChI=1S/C9H13N3O4S/c1-17(15,16)12-5-4-11-9(14)7-2-3-10-6-8(7)13/h2-3,6,12-13H,4-5H2,1H3,(H,11,14). The maximum absolute atomic E-state index is 11.5. The third-order valence-electron chi connectivity index (χ3n) is 1.82. The second-order valence-electron chi connectivity index (χ2n) is 3.32. The van der Waals surface area contributed by atoms with Gasteiger partial charge in [-0.05, 0) is 6.07 Å². The molecule has 1 heterocycles. The Kier molecular flexibility index (Phi) is 4.41. The average molecular weight is 259 g/mol. The van der Waals surface area contributed by atoms with Gasteiger partial charge in [-0.1, -0.05) is 0 Å². The molecule has 1 rings (SSSR count). The van der Waals surface area contributed by atoms with Crippen LogP contribution in [0, 0.1) is 0 Å². The van der Waals surface area contributed by atoms with E-state index in [1.165, 1.54) is 12.3 Å². The van der Waals surface area contributed by atoms with Crippen molar-refractivity contribution < 1.29 is 18.3 Å². The minimum absolute atomic E-state index is 0.0937. The Morgan fingerprint density at radius 1 is 1.47 bits per heavy atom. The molecule has 0 aliphatic heterocycles. The van der Waals surface area contributed by atoms with Gasteiger partial charge >= 0.3 is 0 Å². The average Bonchev–Trinajstić information content (AvgIpc) is 2.23. The molecule has 1 aromatic rings. The van der Waals surface area contributed by atoms with Gasteiger partial charge in [-0.15, -0.1) is 0 Å². The molecule has 0 fully saturated rings. The number of aromatic nitrogens is 1. The number of sulfonamides is 1. The summed E-state index contributed by atoms with van der Waals surface area (Å²) in [6.45, 7) is 0.226. The van der Waals surface area contributed by atoms with Crippen molar-refractivity contribution in [2.45, 2.75) is 0 Å². The molecule has 3 N–H and O–H groups in total. The van der Waals surface area contributed by atoms with Crippen LogP contribution in [0.15, 0.2) is 18.5 Å². The van der Waals surface area contributed by atoms with Gasteiger partial charge in [-0.3, -0.25) is 9.78 Å². The fourth-order valence-electron chi connectivity index (χ4n) is 1.09. The van der Waals surface area contributed by atoms with Crippen molar-refractivity contribution in [3.05, 3.63) is 24.0 Å². The van der Waals surface area contributed by atoms with Gasteiger partial charge in [-0.25, -0.2) is 13.1 Å². The smallest absolute Gasteiger partial charge is 0.255 e. The Balaban J connectivity index is 2.44. The molecule has 94 valence electrons. The summed E-state index contributed by atoms with van der Waals surface area (Å²) >= 11 is 0. The van der Waals surface area contributed by atoms with Gasteiger partial charge in [0.05, 0.1) is 18.0 Å². The highest BCUT2D eigenvalue weighted by Crippen LogP contribution is 2.12. The molecule has 0 radical (unpaired) electrons. The van der Waals surface area contributed by atoms with E-state index in [1.807, 2.05) is 0 Å². The molecule has 17 heavy (non-hydrogen) atoms. The Bertz CT molecular complexity index is 501. The zero-order valence-electron chi connectivity index (χ0n) is 9.17. The van der Waals surface area contributed by atoms with Crippen LogP contribution in [0.25, 0.3) is 0 Å². The van der Waals surface area contributed by atoms with Crippen LogP contribution in [-0.2, 0) is 10.0 Å². The molecular formula is C9H13N3O4S. The van der Waals surface area contributed by atoms with Crippen LogP contribution in [0.2, 0.25) is 0 Å². The first kappa shape index (κ1) is 13.4. The molecule has 7 nitrogen and oxygen atoms in total. The zero-order chi connectivity index (χ0) is 12.9. The van der Waals surface area contributed by atoms with E-state index in [1.54, 1.807) is 0 Å². The summed E-state index contributed by atoms with van der Waals surface area (Å²) in [5, 5.41) is 11.8. The topological polar surface area (TPSA) is 108 Å². The van der Waals surface area contributed by atoms with E-state index in [9.17, 15) is 18.3 Å². The first-order chi connectivity index (χ1) is 7.90. The largest absolute Gasteiger partial charge is 0.505 e. The zero-order valence-corrected chi connectivity index (χ0v) is 9.99. The number of amides is 1. The van der Waals surface area contributed by atoms with Crippen molar-refractivity contribution in [2.24, 2.45) is 0 Å². The molecule has 0 aliphatic carbocycles. The van der Waals surface area contributed by atoms with Crippen LogP contribution in [0.1, 0.15) is 10.4 Å². The lowest BCUT2D eigenvalue weighted by Crippen LogP contribution is -2.34. The normalized spacial score (nSPS) is 11.1.